The lowest BCUT2D eigenvalue weighted by Crippen LogP contribution is -2.26. The van der Waals surface area contributed by atoms with Gasteiger partial charge in [0.05, 0.1) is 21.5 Å². The molecule has 2 aromatic heterocycles. The molecule has 3 aromatic rings. The van der Waals surface area contributed by atoms with Crippen molar-refractivity contribution in [1.29, 1.82) is 0 Å². The highest BCUT2D eigenvalue weighted by Crippen LogP contribution is 2.23. The van der Waals surface area contributed by atoms with Crippen LogP contribution in [0.1, 0.15) is 36.0 Å². The van der Waals surface area contributed by atoms with Crippen LogP contribution in [-0.4, -0.2) is 21.1 Å². The van der Waals surface area contributed by atoms with Gasteiger partial charge in [-0.25, -0.2) is 4.98 Å². The number of fused-ring (bicyclic) bond motifs is 1. The van der Waals surface area contributed by atoms with Gasteiger partial charge in [-0.05, 0) is 36.9 Å². The van der Waals surface area contributed by atoms with Gasteiger partial charge < -0.3 is 0 Å². The lowest BCUT2D eigenvalue weighted by molar-refractivity contribution is 0.102. The van der Waals surface area contributed by atoms with Gasteiger partial charge in [-0.2, -0.15) is 0 Å². The summed E-state index contributed by atoms with van der Waals surface area (Å²) in [6, 6.07) is 11.1. The van der Waals surface area contributed by atoms with Crippen molar-refractivity contribution >= 4 is 39.8 Å². The minimum atomic E-state index is -0.0407. The van der Waals surface area contributed by atoms with Crippen molar-refractivity contribution in [3.8, 4) is 0 Å². The number of carbonyl (C=O) groups is 1. The van der Waals surface area contributed by atoms with Crippen molar-refractivity contribution < 1.29 is 4.79 Å². The third kappa shape index (κ3) is 3.30. The third-order valence-electron chi connectivity index (χ3n) is 3.94. The molecule has 0 spiro atoms. The lowest BCUT2D eigenvalue weighted by Gasteiger charge is -2.18. The maximum absolute atomic E-state index is 12.8. The summed E-state index contributed by atoms with van der Waals surface area (Å²) in [6.07, 6.45) is 0.826. The summed E-state index contributed by atoms with van der Waals surface area (Å²) >= 11 is 2.77. The number of hydrogen-bond acceptors (Lipinski definition) is 5. The molecule has 3 rings (SSSR count). The largest absolute Gasteiger partial charge is 0.292 e. The second-order valence-electron chi connectivity index (χ2n) is 5.53. The zero-order valence-electron chi connectivity index (χ0n) is 13.6. The number of carbonyl (C=O) groups excluding carboxylic acids is 1. The first-order valence-electron chi connectivity index (χ1n) is 7.82. The van der Waals surface area contributed by atoms with Crippen LogP contribution in [0.4, 0.5) is 0 Å². The Kier molecular flexibility index (Phi) is 5.16. The molecule has 6 heteroatoms. The maximum Gasteiger partial charge on any atom is 0.262 e. The molecule has 0 bridgehead atoms. The molecule has 24 heavy (non-hydrogen) atoms. The fourth-order valence-corrected chi connectivity index (χ4v) is 4.17. The summed E-state index contributed by atoms with van der Waals surface area (Å²) in [5.41, 5.74) is 0.633. The number of benzene rings is 1. The first kappa shape index (κ1) is 16.9. The average molecular weight is 358 g/mol. The van der Waals surface area contributed by atoms with E-state index in [1.165, 1.54) is 23.1 Å². The van der Waals surface area contributed by atoms with Crippen LogP contribution in [0.3, 0.4) is 0 Å². The van der Waals surface area contributed by atoms with Gasteiger partial charge in [-0.1, -0.05) is 36.9 Å². The Bertz CT molecular complexity index is 916. The smallest absolute Gasteiger partial charge is 0.262 e. The molecule has 0 unspecified atom stereocenters. The third-order valence-corrected chi connectivity index (χ3v) is 5.80. The molecule has 0 saturated carbocycles. The van der Waals surface area contributed by atoms with E-state index in [1.54, 1.807) is 10.6 Å². The number of thiophene rings is 1. The quantitative estimate of drug-likeness (QED) is 0.372. The molecule has 0 amide bonds. The summed E-state index contributed by atoms with van der Waals surface area (Å²) in [6.45, 7) is 4.04. The van der Waals surface area contributed by atoms with Crippen LogP contribution in [0.25, 0.3) is 10.9 Å². The van der Waals surface area contributed by atoms with Crippen LogP contribution in [-0.2, 0) is 0 Å². The van der Waals surface area contributed by atoms with E-state index in [9.17, 15) is 9.59 Å². The van der Waals surface area contributed by atoms with E-state index >= 15 is 0 Å². The first-order chi connectivity index (χ1) is 11.6. The normalized spacial score (nSPS) is 12.4. The van der Waals surface area contributed by atoms with Gasteiger partial charge in [0, 0.05) is 6.04 Å². The fraction of sp³-hybridized carbons (Fsp3) is 0.278. The van der Waals surface area contributed by atoms with Gasteiger partial charge in [-0.15, -0.1) is 11.3 Å². The average Bonchev–Trinajstić information content (AvgIpc) is 3.14. The topological polar surface area (TPSA) is 52.0 Å². The van der Waals surface area contributed by atoms with Crippen LogP contribution in [0.2, 0.25) is 0 Å². The van der Waals surface area contributed by atoms with Crippen LogP contribution in [0, 0.1) is 0 Å². The lowest BCUT2D eigenvalue weighted by atomic mass is 10.2. The number of hydrogen-bond donors (Lipinski definition) is 0. The van der Waals surface area contributed by atoms with Crippen molar-refractivity contribution in [1.82, 2.24) is 9.55 Å². The van der Waals surface area contributed by atoms with Gasteiger partial charge in [-0.3, -0.25) is 14.2 Å². The molecule has 124 valence electrons. The molecule has 0 N–H and O–H groups in total. The Labute approximate surface area is 148 Å². The second-order valence-corrected chi connectivity index (χ2v) is 7.42. The van der Waals surface area contributed by atoms with Crippen molar-refractivity contribution in [3.05, 3.63) is 57.0 Å². The fourth-order valence-electron chi connectivity index (χ4n) is 2.44. The van der Waals surface area contributed by atoms with E-state index in [-0.39, 0.29) is 23.1 Å². The predicted octanol–water partition coefficient (Wildman–Crippen LogP) is 4.40. The summed E-state index contributed by atoms with van der Waals surface area (Å²) in [4.78, 5) is 30.5. The van der Waals surface area contributed by atoms with Gasteiger partial charge in [0.15, 0.2) is 10.9 Å². The number of aromatic nitrogens is 2. The molecule has 0 fully saturated rings. The Hall–Kier alpha value is -1.92. The second kappa shape index (κ2) is 7.32. The minimum absolute atomic E-state index is 0.0361. The summed E-state index contributed by atoms with van der Waals surface area (Å²) < 4.78 is 1.72. The number of nitrogens with zero attached hydrogens (tertiary/aromatic N) is 2. The Morgan fingerprint density at radius 3 is 2.79 bits per heavy atom. The first-order valence-corrected chi connectivity index (χ1v) is 9.69. The summed E-state index contributed by atoms with van der Waals surface area (Å²) in [7, 11) is 0. The van der Waals surface area contributed by atoms with Crippen molar-refractivity contribution in [2.45, 2.75) is 31.5 Å². The Morgan fingerprint density at radius 2 is 2.08 bits per heavy atom. The molecule has 2 heterocycles. The van der Waals surface area contributed by atoms with Crippen LogP contribution in [0.5, 0.6) is 0 Å². The summed E-state index contributed by atoms with van der Waals surface area (Å²) in [5.74, 6) is 0.343. The molecular weight excluding hydrogens is 340 g/mol. The van der Waals surface area contributed by atoms with Crippen LogP contribution >= 0.6 is 23.1 Å². The van der Waals surface area contributed by atoms with Crippen LogP contribution < -0.4 is 5.56 Å². The molecule has 1 aromatic carbocycles. The van der Waals surface area contributed by atoms with Crippen molar-refractivity contribution in [2.75, 3.05) is 5.75 Å². The zero-order chi connectivity index (χ0) is 17.1. The van der Waals surface area contributed by atoms with Gasteiger partial charge >= 0.3 is 0 Å². The highest BCUT2D eigenvalue weighted by atomic mass is 32.2. The standard InChI is InChI=1S/C18H18N2O2S2/c1-3-12(2)20-17(22)13-7-4-5-8-14(13)19-18(20)24-11-15(21)16-9-6-10-23-16/h4-10,12H,3,11H2,1-2H3/t12-/m1/s1. The minimum Gasteiger partial charge on any atom is -0.292 e. The SMILES string of the molecule is CC[C@@H](C)n1c(SCC(=O)c2cccs2)nc2ccccc2c1=O. The number of thioether (sulfide) groups is 1. The Balaban J connectivity index is 1.99. The maximum atomic E-state index is 12.8. The predicted molar refractivity (Wildman–Crippen MR) is 100 cm³/mol. The van der Waals surface area contributed by atoms with Gasteiger partial charge in [0.1, 0.15) is 0 Å². The molecule has 1 atom stereocenters. The van der Waals surface area contributed by atoms with E-state index in [0.717, 1.165) is 11.3 Å². The zero-order valence-corrected chi connectivity index (χ0v) is 15.2. The summed E-state index contributed by atoms with van der Waals surface area (Å²) in [5, 5.41) is 3.12. The number of ketones is 1. The number of para-hydroxylation sites is 1. The molecule has 0 aliphatic heterocycles. The monoisotopic (exact) mass is 358 g/mol. The Morgan fingerprint density at radius 1 is 1.29 bits per heavy atom. The van der Waals surface area contributed by atoms with Gasteiger partial charge in [0.25, 0.3) is 5.56 Å². The van der Waals surface area contributed by atoms with E-state index < -0.39 is 0 Å². The van der Waals surface area contributed by atoms with E-state index in [0.29, 0.717) is 16.1 Å². The van der Waals surface area contributed by atoms with E-state index in [4.69, 9.17) is 0 Å². The highest BCUT2D eigenvalue weighted by Gasteiger charge is 2.17. The van der Waals surface area contributed by atoms with Crippen LogP contribution in [0.15, 0.2) is 51.7 Å². The highest BCUT2D eigenvalue weighted by molar-refractivity contribution is 7.99. The van der Waals surface area contributed by atoms with Crippen molar-refractivity contribution in [2.24, 2.45) is 0 Å². The number of rotatable bonds is 6. The van der Waals surface area contributed by atoms with E-state index in [1.807, 2.05) is 49.6 Å². The molecule has 0 radical (unpaired) electrons. The molecule has 0 aliphatic rings. The molecule has 4 nitrogen and oxygen atoms in total. The molecular formula is C18H18N2O2S2. The van der Waals surface area contributed by atoms with E-state index in [2.05, 4.69) is 4.98 Å². The molecule has 0 saturated heterocycles. The number of Topliss-reactive ketones (excluding diaryl/α,β-unsaturated/α-hetero) is 1. The van der Waals surface area contributed by atoms with Gasteiger partial charge in [0.2, 0.25) is 0 Å². The van der Waals surface area contributed by atoms with Crippen molar-refractivity contribution in [3.63, 3.8) is 0 Å². The molecule has 0 aliphatic carbocycles.